The highest BCUT2D eigenvalue weighted by molar-refractivity contribution is 5.95. The molecule has 5 nitrogen and oxygen atoms in total. The topological polar surface area (TPSA) is 59.6 Å². The van der Waals surface area contributed by atoms with E-state index in [0.717, 1.165) is 25.9 Å². The molecular formula is C16H24ClFN2O3. The fourth-order valence-electron chi connectivity index (χ4n) is 2.70. The Morgan fingerprint density at radius 3 is 2.78 bits per heavy atom. The average Bonchev–Trinajstić information content (AvgIpc) is 2.54. The van der Waals surface area contributed by atoms with Gasteiger partial charge in [-0.05, 0) is 38.1 Å². The lowest BCUT2D eigenvalue weighted by Gasteiger charge is -2.35. The van der Waals surface area contributed by atoms with Gasteiger partial charge in [0.1, 0.15) is 19.0 Å². The first-order chi connectivity index (χ1) is 10.7. The zero-order chi connectivity index (χ0) is 15.8. The molecule has 2 rings (SSSR count). The molecule has 0 atom stereocenters. The van der Waals surface area contributed by atoms with Crippen LogP contribution < -0.4 is 15.4 Å². The number of ether oxygens (including phenoxy) is 2. The van der Waals surface area contributed by atoms with Crippen molar-refractivity contribution in [3.63, 3.8) is 0 Å². The molecule has 7 heteroatoms. The normalized spacial score (nSPS) is 16.3. The lowest BCUT2D eigenvalue weighted by Crippen LogP contribution is -2.47. The number of nitrogens with one attached hydrogen (secondary N) is 2. The molecule has 0 radical (unpaired) electrons. The van der Waals surface area contributed by atoms with E-state index >= 15 is 0 Å². The second-order valence-corrected chi connectivity index (χ2v) is 5.48. The zero-order valence-electron chi connectivity index (χ0n) is 13.3. The number of rotatable bonds is 7. The molecule has 0 aliphatic carbocycles. The number of carbonyl (C=O) groups excluding carboxylic acids is 1. The van der Waals surface area contributed by atoms with Gasteiger partial charge in [-0.15, -0.1) is 12.4 Å². The SMILES string of the molecule is COCC1(C(=O)Nc2cccc(OCCF)c2)CCNCC1.Cl. The molecule has 1 aliphatic heterocycles. The minimum absolute atomic E-state index is 0. The van der Waals surface area contributed by atoms with Crippen molar-refractivity contribution in [2.24, 2.45) is 5.41 Å². The summed E-state index contributed by atoms with van der Waals surface area (Å²) < 4.78 is 22.7. The Bertz CT molecular complexity index is 490. The highest BCUT2D eigenvalue weighted by Gasteiger charge is 2.39. The molecule has 1 aromatic carbocycles. The van der Waals surface area contributed by atoms with Crippen LogP contribution in [0.3, 0.4) is 0 Å². The number of benzene rings is 1. The molecule has 1 aliphatic rings. The molecule has 1 heterocycles. The van der Waals surface area contributed by atoms with Gasteiger partial charge in [0.2, 0.25) is 5.91 Å². The summed E-state index contributed by atoms with van der Waals surface area (Å²) in [5, 5.41) is 6.19. The Kier molecular flexibility index (Phi) is 8.30. The van der Waals surface area contributed by atoms with E-state index < -0.39 is 12.1 Å². The molecule has 23 heavy (non-hydrogen) atoms. The van der Waals surface area contributed by atoms with Gasteiger partial charge in [-0.25, -0.2) is 4.39 Å². The maximum absolute atomic E-state index is 12.7. The molecule has 1 amide bonds. The fourth-order valence-corrected chi connectivity index (χ4v) is 2.70. The lowest BCUT2D eigenvalue weighted by atomic mass is 9.78. The van der Waals surface area contributed by atoms with Crippen molar-refractivity contribution in [3.8, 4) is 5.75 Å². The summed E-state index contributed by atoms with van der Waals surface area (Å²) in [7, 11) is 1.61. The van der Waals surface area contributed by atoms with E-state index in [1.165, 1.54) is 0 Å². The predicted molar refractivity (Wildman–Crippen MR) is 90.2 cm³/mol. The van der Waals surface area contributed by atoms with Crippen molar-refractivity contribution in [3.05, 3.63) is 24.3 Å². The summed E-state index contributed by atoms with van der Waals surface area (Å²) in [5.74, 6) is 0.500. The van der Waals surface area contributed by atoms with Gasteiger partial charge in [0.05, 0.1) is 12.0 Å². The van der Waals surface area contributed by atoms with E-state index in [0.29, 0.717) is 18.0 Å². The predicted octanol–water partition coefficient (Wildman–Crippen LogP) is 2.41. The average molecular weight is 347 g/mol. The molecule has 1 aromatic rings. The highest BCUT2D eigenvalue weighted by atomic mass is 35.5. The number of carbonyl (C=O) groups is 1. The van der Waals surface area contributed by atoms with Crippen LogP contribution in [-0.2, 0) is 9.53 Å². The summed E-state index contributed by atoms with van der Waals surface area (Å²) in [5.41, 5.74) is 0.144. The van der Waals surface area contributed by atoms with Crippen LogP contribution >= 0.6 is 12.4 Å². The smallest absolute Gasteiger partial charge is 0.233 e. The zero-order valence-corrected chi connectivity index (χ0v) is 14.1. The van der Waals surface area contributed by atoms with Crippen LogP contribution in [-0.4, -0.2) is 46.0 Å². The van der Waals surface area contributed by atoms with Crippen LogP contribution in [0.25, 0.3) is 0 Å². The van der Waals surface area contributed by atoms with Crippen molar-refractivity contribution >= 4 is 24.0 Å². The molecule has 0 aromatic heterocycles. The number of methoxy groups -OCH3 is 1. The van der Waals surface area contributed by atoms with E-state index in [9.17, 15) is 9.18 Å². The van der Waals surface area contributed by atoms with E-state index in [4.69, 9.17) is 9.47 Å². The Balaban J connectivity index is 0.00000264. The third-order valence-corrected chi connectivity index (χ3v) is 3.90. The van der Waals surface area contributed by atoms with Gasteiger partial charge in [-0.1, -0.05) is 6.07 Å². The third-order valence-electron chi connectivity index (χ3n) is 3.90. The van der Waals surface area contributed by atoms with Crippen molar-refractivity contribution in [1.82, 2.24) is 5.32 Å². The molecular weight excluding hydrogens is 323 g/mol. The Hall–Kier alpha value is -1.37. The highest BCUT2D eigenvalue weighted by Crippen LogP contribution is 2.31. The monoisotopic (exact) mass is 346 g/mol. The van der Waals surface area contributed by atoms with Crippen molar-refractivity contribution in [1.29, 1.82) is 0 Å². The molecule has 0 saturated carbocycles. The summed E-state index contributed by atoms with van der Waals surface area (Å²) in [6, 6.07) is 7.01. The molecule has 0 bridgehead atoms. The minimum atomic E-state index is -0.541. The largest absolute Gasteiger partial charge is 0.491 e. The van der Waals surface area contributed by atoms with Gasteiger partial charge in [0, 0.05) is 18.9 Å². The van der Waals surface area contributed by atoms with Crippen LogP contribution in [0.15, 0.2) is 24.3 Å². The summed E-state index contributed by atoms with van der Waals surface area (Å²) in [6.45, 7) is 1.47. The van der Waals surface area contributed by atoms with E-state index in [1.54, 1.807) is 31.4 Å². The summed E-state index contributed by atoms with van der Waals surface area (Å²) in [4.78, 5) is 12.7. The van der Waals surface area contributed by atoms with Crippen molar-refractivity contribution in [2.45, 2.75) is 12.8 Å². The molecule has 130 valence electrons. The quantitative estimate of drug-likeness (QED) is 0.796. The second kappa shape index (κ2) is 9.70. The van der Waals surface area contributed by atoms with E-state index in [-0.39, 0.29) is 24.9 Å². The van der Waals surface area contributed by atoms with Gasteiger partial charge in [-0.2, -0.15) is 0 Å². The van der Waals surface area contributed by atoms with E-state index in [1.807, 2.05) is 0 Å². The van der Waals surface area contributed by atoms with Crippen molar-refractivity contribution in [2.75, 3.05) is 45.4 Å². The van der Waals surface area contributed by atoms with Crippen LogP contribution in [0.2, 0.25) is 0 Å². The summed E-state index contributed by atoms with van der Waals surface area (Å²) in [6.07, 6.45) is 1.48. The van der Waals surface area contributed by atoms with Gasteiger partial charge in [0.15, 0.2) is 0 Å². The molecule has 1 saturated heterocycles. The third kappa shape index (κ3) is 5.34. The standard InChI is InChI=1S/C16H23FN2O3.ClH/c1-21-12-16(5-8-18-9-6-16)15(20)19-13-3-2-4-14(11-13)22-10-7-17;/h2-4,11,18H,5-10,12H2,1H3,(H,19,20);1H. The number of amides is 1. The molecule has 0 unspecified atom stereocenters. The van der Waals surface area contributed by atoms with E-state index in [2.05, 4.69) is 10.6 Å². The van der Waals surface area contributed by atoms with Gasteiger partial charge < -0.3 is 20.1 Å². The van der Waals surface area contributed by atoms with Crippen molar-refractivity contribution < 1.29 is 18.7 Å². The number of halogens is 2. The summed E-state index contributed by atoms with van der Waals surface area (Å²) >= 11 is 0. The number of anilines is 1. The number of hydrogen-bond acceptors (Lipinski definition) is 4. The number of hydrogen-bond donors (Lipinski definition) is 2. The molecule has 1 fully saturated rings. The first kappa shape index (κ1) is 19.7. The van der Waals surface area contributed by atoms with Crippen LogP contribution in [0.1, 0.15) is 12.8 Å². The van der Waals surface area contributed by atoms with Gasteiger partial charge in [0.25, 0.3) is 0 Å². The van der Waals surface area contributed by atoms with Crippen LogP contribution in [0.4, 0.5) is 10.1 Å². The lowest BCUT2D eigenvalue weighted by molar-refractivity contribution is -0.130. The molecule has 2 N–H and O–H groups in total. The Morgan fingerprint density at radius 1 is 1.39 bits per heavy atom. The maximum Gasteiger partial charge on any atom is 0.233 e. The van der Waals surface area contributed by atoms with Crippen LogP contribution in [0, 0.1) is 5.41 Å². The minimum Gasteiger partial charge on any atom is -0.491 e. The number of alkyl halides is 1. The van der Waals surface area contributed by atoms with Crippen LogP contribution in [0.5, 0.6) is 5.75 Å². The Labute approximate surface area is 142 Å². The van der Waals surface area contributed by atoms with Gasteiger partial charge >= 0.3 is 0 Å². The first-order valence-corrected chi connectivity index (χ1v) is 7.50. The van der Waals surface area contributed by atoms with Gasteiger partial charge in [-0.3, -0.25) is 4.79 Å². The maximum atomic E-state index is 12.7. The second-order valence-electron chi connectivity index (χ2n) is 5.48. The molecule has 0 spiro atoms. The number of piperidine rings is 1. The first-order valence-electron chi connectivity index (χ1n) is 7.50. The Morgan fingerprint density at radius 2 is 2.13 bits per heavy atom. The fraction of sp³-hybridized carbons (Fsp3) is 0.562.